The van der Waals surface area contributed by atoms with Gasteiger partial charge in [-0.3, -0.25) is 34.4 Å². The zero-order valence-corrected chi connectivity index (χ0v) is 22.0. The van der Waals surface area contributed by atoms with Crippen LogP contribution in [-0.2, 0) is 15.1 Å². The van der Waals surface area contributed by atoms with E-state index in [1.54, 1.807) is 41.8 Å². The van der Waals surface area contributed by atoms with Crippen LogP contribution in [0.25, 0.3) is 16.6 Å². The van der Waals surface area contributed by atoms with E-state index in [9.17, 15) is 24.5 Å². The van der Waals surface area contributed by atoms with Gasteiger partial charge >= 0.3 is 0 Å². The minimum Gasteiger partial charge on any atom is -0.296 e. The molecule has 10 heteroatoms. The number of amides is 2. The molecule has 1 spiro atoms. The number of carbonyl (C=O) groups excluding carboxylic acids is 2. The maximum atomic E-state index is 14.5. The Morgan fingerprint density at radius 1 is 0.975 bits per heavy atom. The molecule has 4 aromatic rings. The molecule has 0 aliphatic carbocycles. The highest BCUT2D eigenvalue weighted by molar-refractivity contribution is 6.23. The number of para-hydroxylation sites is 2. The van der Waals surface area contributed by atoms with Crippen LogP contribution in [0.1, 0.15) is 30.8 Å². The van der Waals surface area contributed by atoms with Gasteiger partial charge in [0.25, 0.3) is 11.2 Å². The average molecular weight is 536 g/mol. The van der Waals surface area contributed by atoms with Crippen molar-refractivity contribution >= 4 is 34.1 Å². The number of nitrogens with one attached hydrogen (secondary N) is 1. The Morgan fingerprint density at radius 2 is 1.70 bits per heavy atom. The van der Waals surface area contributed by atoms with E-state index in [0.29, 0.717) is 33.5 Å². The molecule has 10 nitrogen and oxygen atoms in total. The average Bonchev–Trinajstić information content (AvgIpc) is 3.53. The molecule has 1 aromatic heterocycles. The third kappa shape index (κ3) is 2.91. The van der Waals surface area contributed by atoms with E-state index in [4.69, 9.17) is 4.98 Å². The first-order chi connectivity index (χ1) is 19.2. The normalized spacial score (nSPS) is 24.7. The molecule has 4 heterocycles. The number of aryl methyl sites for hydroxylation is 1. The number of hydrogen-bond acceptors (Lipinski definition) is 7. The SMILES string of the molecule is Cc1ccc([N+](=O)[O-])cc1N1C(=O)[C@H]2[C@H](C(C)C)N[C@]3(c4ccccc4-n4c3nc3ccccc3c4=O)[C@H]2C1=O. The van der Waals surface area contributed by atoms with Crippen LogP contribution < -0.4 is 15.8 Å². The molecule has 3 aliphatic rings. The lowest BCUT2D eigenvalue weighted by molar-refractivity contribution is -0.384. The number of nitrogens with zero attached hydrogens (tertiary/aromatic N) is 4. The molecule has 2 fully saturated rings. The predicted octanol–water partition coefficient (Wildman–Crippen LogP) is 3.59. The summed E-state index contributed by atoms with van der Waals surface area (Å²) in [4.78, 5) is 59.7. The summed E-state index contributed by atoms with van der Waals surface area (Å²) in [6.45, 7) is 5.68. The molecule has 3 aromatic carbocycles. The Hall–Kier alpha value is -4.70. The lowest BCUT2D eigenvalue weighted by atomic mass is 9.75. The number of nitro benzene ring substituents is 1. The Bertz CT molecular complexity index is 1860. The van der Waals surface area contributed by atoms with Crippen molar-refractivity contribution in [1.29, 1.82) is 0 Å². The van der Waals surface area contributed by atoms with E-state index in [1.807, 2.05) is 38.1 Å². The zero-order chi connectivity index (χ0) is 28.1. The second-order valence-electron chi connectivity index (χ2n) is 11.1. The van der Waals surface area contributed by atoms with Gasteiger partial charge in [-0.2, -0.15) is 0 Å². The maximum absolute atomic E-state index is 14.5. The minimum absolute atomic E-state index is 0.0526. The van der Waals surface area contributed by atoms with Crippen molar-refractivity contribution in [1.82, 2.24) is 14.9 Å². The van der Waals surface area contributed by atoms with Crippen molar-refractivity contribution in [2.45, 2.75) is 32.4 Å². The molecule has 3 aliphatic heterocycles. The third-order valence-electron chi connectivity index (χ3n) is 8.66. The number of hydrogen-bond donors (Lipinski definition) is 1. The first-order valence-electron chi connectivity index (χ1n) is 13.2. The quantitative estimate of drug-likeness (QED) is 0.241. The highest BCUT2D eigenvalue weighted by atomic mass is 16.6. The molecule has 2 saturated heterocycles. The highest BCUT2D eigenvalue weighted by Gasteiger charge is 2.70. The zero-order valence-electron chi connectivity index (χ0n) is 22.0. The number of carbonyl (C=O) groups is 2. The van der Waals surface area contributed by atoms with Crippen LogP contribution in [-0.4, -0.2) is 32.3 Å². The van der Waals surface area contributed by atoms with E-state index in [0.717, 1.165) is 4.90 Å². The summed E-state index contributed by atoms with van der Waals surface area (Å²) >= 11 is 0. The molecule has 0 saturated carbocycles. The molecule has 200 valence electrons. The summed E-state index contributed by atoms with van der Waals surface area (Å²) in [5.74, 6) is -2.26. The number of non-ortho nitro benzene ring substituents is 1. The van der Waals surface area contributed by atoms with E-state index in [1.165, 1.54) is 12.1 Å². The highest BCUT2D eigenvalue weighted by Crippen LogP contribution is 2.56. The molecule has 0 radical (unpaired) electrons. The number of aromatic nitrogens is 2. The predicted molar refractivity (Wildman–Crippen MR) is 147 cm³/mol. The molecular weight excluding hydrogens is 510 g/mol. The van der Waals surface area contributed by atoms with Crippen LogP contribution >= 0.6 is 0 Å². The summed E-state index contributed by atoms with van der Waals surface area (Å²) in [6, 6.07) is 18.2. The van der Waals surface area contributed by atoms with Crippen LogP contribution in [0.5, 0.6) is 0 Å². The van der Waals surface area contributed by atoms with Crippen molar-refractivity contribution < 1.29 is 14.5 Å². The fraction of sp³-hybridized carbons (Fsp3) is 0.267. The van der Waals surface area contributed by atoms with Crippen LogP contribution in [0, 0.1) is 34.8 Å². The van der Waals surface area contributed by atoms with E-state index >= 15 is 0 Å². The van der Waals surface area contributed by atoms with Gasteiger partial charge in [0.2, 0.25) is 11.8 Å². The first kappa shape index (κ1) is 24.3. The summed E-state index contributed by atoms with van der Waals surface area (Å²) < 4.78 is 1.56. The smallest absolute Gasteiger partial charge is 0.271 e. The first-order valence-corrected chi connectivity index (χ1v) is 13.2. The summed E-state index contributed by atoms with van der Waals surface area (Å²) in [5, 5.41) is 15.7. The number of anilines is 1. The summed E-state index contributed by atoms with van der Waals surface area (Å²) in [7, 11) is 0. The Morgan fingerprint density at radius 3 is 2.45 bits per heavy atom. The monoisotopic (exact) mass is 535 g/mol. The third-order valence-corrected chi connectivity index (χ3v) is 8.66. The Kier molecular flexibility index (Phi) is 4.96. The van der Waals surface area contributed by atoms with Gasteiger partial charge in [-0.25, -0.2) is 9.88 Å². The maximum Gasteiger partial charge on any atom is 0.271 e. The number of imide groups is 1. The molecule has 0 unspecified atom stereocenters. The Labute approximate surface area is 228 Å². The number of rotatable bonds is 3. The second kappa shape index (κ2) is 8.15. The van der Waals surface area contributed by atoms with Crippen LogP contribution in [0.3, 0.4) is 0 Å². The number of fused-ring (bicyclic) bond motifs is 8. The van der Waals surface area contributed by atoms with Crippen molar-refractivity contribution in [3.05, 3.63) is 104 Å². The minimum atomic E-state index is -1.25. The van der Waals surface area contributed by atoms with Crippen LogP contribution in [0.15, 0.2) is 71.5 Å². The summed E-state index contributed by atoms with van der Waals surface area (Å²) in [6.07, 6.45) is 0. The second-order valence-corrected chi connectivity index (χ2v) is 11.1. The van der Waals surface area contributed by atoms with Gasteiger partial charge in [-0.05, 0) is 36.6 Å². The number of benzene rings is 3. The summed E-state index contributed by atoms with van der Waals surface area (Å²) in [5.41, 5.74) is 0.876. The van der Waals surface area contributed by atoms with Gasteiger partial charge in [0, 0.05) is 23.7 Å². The van der Waals surface area contributed by atoms with Gasteiger partial charge < -0.3 is 0 Å². The van der Waals surface area contributed by atoms with Crippen LogP contribution in [0.2, 0.25) is 0 Å². The van der Waals surface area contributed by atoms with Crippen molar-refractivity contribution in [2.75, 3.05) is 4.90 Å². The van der Waals surface area contributed by atoms with E-state index in [2.05, 4.69) is 5.32 Å². The topological polar surface area (TPSA) is 127 Å². The van der Waals surface area contributed by atoms with Crippen molar-refractivity contribution in [3.63, 3.8) is 0 Å². The molecular formula is C30H25N5O5. The van der Waals surface area contributed by atoms with Gasteiger partial charge in [0.05, 0.1) is 39.0 Å². The lowest BCUT2D eigenvalue weighted by Gasteiger charge is -2.32. The fourth-order valence-electron chi connectivity index (χ4n) is 6.91. The Balaban J connectivity index is 1.52. The van der Waals surface area contributed by atoms with Crippen molar-refractivity contribution in [3.8, 4) is 5.69 Å². The largest absolute Gasteiger partial charge is 0.296 e. The standard InChI is InChI=1S/C30H25N5O5/c1-15(2)25-23-24(28(38)33(27(23)37)22-14-17(35(39)40)13-12-16(22)3)30(32-25)19-9-5-7-11-21(19)34-26(36)18-8-4-6-10-20(18)31-29(30)34/h4-15,23-25,32H,1-3H3/t23-,24-,25+,30-/m1/s1. The number of nitro groups is 1. The van der Waals surface area contributed by atoms with E-state index < -0.39 is 40.2 Å². The molecule has 4 atom stereocenters. The lowest BCUT2D eigenvalue weighted by Crippen LogP contribution is -2.51. The van der Waals surface area contributed by atoms with Crippen molar-refractivity contribution in [2.24, 2.45) is 17.8 Å². The van der Waals surface area contributed by atoms with Gasteiger partial charge in [0.1, 0.15) is 11.4 Å². The van der Waals surface area contributed by atoms with E-state index in [-0.39, 0.29) is 22.9 Å². The molecule has 40 heavy (non-hydrogen) atoms. The van der Waals surface area contributed by atoms with Gasteiger partial charge in [0.15, 0.2) is 0 Å². The van der Waals surface area contributed by atoms with Gasteiger partial charge in [-0.1, -0.05) is 50.2 Å². The molecule has 7 rings (SSSR count). The fourth-order valence-corrected chi connectivity index (χ4v) is 6.91. The van der Waals surface area contributed by atoms with Gasteiger partial charge in [-0.15, -0.1) is 0 Å². The molecule has 1 N–H and O–H groups in total. The molecule has 2 amide bonds. The van der Waals surface area contributed by atoms with Crippen LogP contribution in [0.4, 0.5) is 11.4 Å². The molecule has 0 bridgehead atoms.